The van der Waals surface area contributed by atoms with E-state index in [2.05, 4.69) is 21.2 Å². The number of rotatable bonds is 10. The van der Waals surface area contributed by atoms with Gasteiger partial charge in [-0.2, -0.15) is 0 Å². The highest BCUT2D eigenvalue weighted by atomic mass is 79.9. The van der Waals surface area contributed by atoms with Crippen molar-refractivity contribution in [3.05, 3.63) is 58.6 Å². The number of carbonyl (C=O) groups excluding carboxylic acids is 2. The van der Waals surface area contributed by atoms with Gasteiger partial charge >= 0.3 is 0 Å². The molecule has 0 bridgehead atoms. The van der Waals surface area contributed by atoms with Crippen molar-refractivity contribution in [1.82, 2.24) is 10.2 Å². The predicted octanol–water partition coefficient (Wildman–Crippen LogP) is 4.17. The van der Waals surface area contributed by atoms with Crippen molar-refractivity contribution in [2.24, 2.45) is 0 Å². The molecule has 2 rings (SSSR count). The summed E-state index contributed by atoms with van der Waals surface area (Å²) in [6.45, 7) is 5.82. The Balaban J connectivity index is 2.14. The molecule has 0 saturated heterocycles. The number of benzene rings is 2. The van der Waals surface area contributed by atoms with Crippen LogP contribution in [0.3, 0.4) is 0 Å². The van der Waals surface area contributed by atoms with Gasteiger partial charge in [0.2, 0.25) is 5.91 Å². The molecule has 2 amide bonds. The van der Waals surface area contributed by atoms with Crippen LogP contribution in [0.25, 0.3) is 0 Å². The lowest BCUT2D eigenvalue weighted by molar-refractivity contribution is -0.142. The molecule has 0 aliphatic rings. The standard InChI is InChI=1S/C23H29BrN2O4/c1-5-16(2)25-23(28)17(3)26(14-18-6-10-20(29-4)11-7-18)22(27)15-30-21-12-8-19(24)9-13-21/h6-13,16-17H,5,14-15H2,1-4H3,(H,25,28)/t16-,17+/m0/s1. The molecule has 2 atom stereocenters. The van der Waals surface area contributed by atoms with Crippen LogP contribution in [0.5, 0.6) is 11.5 Å². The minimum Gasteiger partial charge on any atom is -0.497 e. The maximum atomic E-state index is 13.0. The first-order chi connectivity index (χ1) is 14.3. The SMILES string of the molecule is CC[C@H](C)NC(=O)[C@@H](C)N(Cc1ccc(OC)cc1)C(=O)COc1ccc(Br)cc1. The quantitative estimate of drug-likeness (QED) is 0.558. The van der Waals surface area contributed by atoms with Gasteiger partial charge in [-0.1, -0.05) is 35.0 Å². The number of amides is 2. The largest absolute Gasteiger partial charge is 0.497 e. The predicted molar refractivity (Wildman–Crippen MR) is 121 cm³/mol. The molecule has 0 aliphatic carbocycles. The van der Waals surface area contributed by atoms with Gasteiger partial charge in [0.25, 0.3) is 5.91 Å². The average Bonchev–Trinajstić information content (AvgIpc) is 2.76. The maximum Gasteiger partial charge on any atom is 0.261 e. The lowest BCUT2D eigenvalue weighted by Crippen LogP contribution is -2.50. The van der Waals surface area contributed by atoms with E-state index in [-0.39, 0.29) is 24.5 Å². The van der Waals surface area contributed by atoms with Crippen molar-refractivity contribution in [2.45, 2.75) is 45.8 Å². The van der Waals surface area contributed by atoms with Crippen molar-refractivity contribution >= 4 is 27.7 Å². The van der Waals surface area contributed by atoms with Crippen molar-refractivity contribution in [3.8, 4) is 11.5 Å². The normalized spacial score (nSPS) is 12.6. The molecule has 0 fully saturated rings. The summed E-state index contributed by atoms with van der Waals surface area (Å²) in [5.41, 5.74) is 0.899. The molecule has 0 saturated carbocycles. The second kappa shape index (κ2) is 11.6. The summed E-state index contributed by atoms with van der Waals surface area (Å²) >= 11 is 3.37. The summed E-state index contributed by atoms with van der Waals surface area (Å²) in [7, 11) is 1.60. The lowest BCUT2D eigenvalue weighted by Gasteiger charge is -2.29. The fourth-order valence-corrected chi connectivity index (χ4v) is 3.00. The fourth-order valence-electron chi connectivity index (χ4n) is 2.73. The van der Waals surface area contributed by atoms with E-state index < -0.39 is 6.04 Å². The molecule has 7 heteroatoms. The Bertz CT molecular complexity index is 824. The zero-order valence-electron chi connectivity index (χ0n) is 17.9. The average molecular weight is 477 g/mol. The minimum atomic E-state index is -0.637. The van der Waals surface area contributed by atoms with Gasteiger partial charge in [-0.05, 0) is 62.2 Å². The smallest absolute Gasteiger partial charge is 0.261 e. The molecule has 0 spiro atoms. The summed E-state index contributed by atoms with van der Waals surface area (Å²) in [5.74, 6) is 0.876. The number of halogens is 1. The van der Waals surface area contributed by atoms with E-state index in [0.717, 1.165) is 22.2 Å². The molecule has 0 aliphatic heterocycles. The first-order valence-electron chi connectivity index (χ1n) is 9.95. The lowest BCUT2D eigenvalue weighted by atomic mass is 10.1. The van der Waals surface area contributed by atoms with Gasteiger partial charge in [0.15, 0.2) is 6.61 Å². The first-order valence-corrected chi connectivity index (χ1v) is 10.7. The van der Waals surface area contributed by atoms with E-state index in [9.17, 15) is 9.59 Å². The molecule has 0 heterocycles. The molecule has 6 nitrogen and oxygen atoms in total. The van der Waals surface area contributed by atoms with E-state index in [1.165, 1.54) is 0 Å². The van der Waals surface area contributed by atoms with Gasteiger partial charge < -0.3 is 19.7 Å². The molecule has 1 N–H and O–H groups in total. The van der Waals surface area contributed by atoms with Crippen LogP contribution in [0.1, 0.15) is 32.8 Å². The zero-order chi connectivity index (χ0) is 22.1. The molecule has 0 aromatic heterocycles. The van der Waals surface area contributed by atoms with Crippen molar-refractivity contribution in [1.29, 1.82) is 0 Å². The maximum absolute atomic E-state index is 13.0. The van der Waals surface area contributed by atoms with Crippen LogP contribution in [0, 0.1) is 0 Å². The van der Waals surface area contributed by atoms with Gasteiger partial charge in [0.1, 0.15) is 17.5 Å². The fraction of sp³-hybridized carbons (Fsp3) is 0.391. The van der Waals surface area contributed by atoms with Crippen LogP contribution in [0.2, 0.25) is 0 Å². The summed E-state index contributed by atoms with van der Waals surface area (Å²) < 4.78 is 11.8. The van der Waals surface area contributed by atoms with Gasteiger partial charge in [0.05, 0.1) is 7.11 Å². The Morgan fingerprint density at radius 1 is 1.03 bits per heavy atom. The van der Waals surface area contributed by atoms with Gasteiger partial charge in [-0.3, -0.25) is 9.59 Å². The third kappa shape index (κ3) is 7.06. The summed E-state index contributed by atoms with van der Waals surface area (Å²) in [6.07, 6.45) is 0.817. The Kier molecular flexibility index (Phi) is 9.17. The summed E-state index contributed by atoms with van der Waals surface area (Å²) in [5, 5.41) is 2.95. The highest BCUT2D eigenvalue weighted by Crippen LogP contribution is 2.18. The Morgan fingerprint density at radius 3 is 2.20 bits per heavy atom. The summed E-state index contributed by atoms with van der Waals surface area (Å²) in [6, 6.07) is 14.1. The van der Waals surface area contributed by atoms with Crippen LogP contribution in [-0.2, 0) is 16.1 Å². The molecule has 0 unspecified atom stereocenters. The Labute approximate surface area is 186 Å². The molecule has 2 aromatic carbocycles. The van der Waals surface area contributed by atoms with Gasteiger partial charge in [-0.15, -0.1) is 0 Å². The number of hydrogen-bond acceptors (Lipinski definition) is 4. The van der Waals surface area contributed by atoms with Crippen molar-refractivity contribution in [3.63, 3.8) is 0 Å². The van der Waals surface area contributed by atoms with Gasteiger partial charge in [-0.25, -0.2) is 0 Å². The molecule has 0 radical (unpaired) electrons. The van der Waals surface area contributed by atoms with Crippen LogP contribution in [-0.4, -0.2) is 42.5 Å². The third-order valence-electron chi connectivity index (χ3n) is 4.86. The number of hydrogen-bond donors (Lipinski definition) is 1. The van der Waals surface area contributed by atoms with Gasteiger partial charge in [0, 0.05) is 17.1 Å². The second-order valence-electron chi connectivity index (χ2n) is 7.11. The number of carbonyl (C=O) groups is 2. The monoisotopic (exact) mass is 476 g/mol. The van der Waals surface area contributed by atoms with Crippen LogP contribution >= 0.6 is 15.9 Å². The van der Waals surface area contributed by atoms with E-state index in [1.807, 2.05) is 50.2 Å². The topological polar surface area (TPSA) is 67.9 Å². The minimum absolute atomic E-state index is 0.0388. The molecular weight excluding hydrogens is 448 g/mol. The first kappa shape index (κ1) is 23.7. The molecule has 30 heavy (non-hydrogen) atoms. The number of ether oxygens (including phenoxy) is 2. The van der Waals surface area contributed by atoms with E-state index in [1.54, 1.807) is 31.1 Å². The number of nitrogens with zero attached hydrogens (tertiary/aromatic N) is 1. The highest BCUT2D eigenvalue weighted by Gasteiger charge is 2.27. The van der Waals surface area contributed by atoms with Crippen molar-refractivity contribution < 1.29 is 19.1 Å². The second-order valence-corrected chi connectivity index (χ2v) is 8.02. The highest BCUT2D eigenvalue weighted by molar-refractivity contribution is 9.10. The molecular formula is C23H29BrN2O4. The van der Waals surface area contributed by atoms with Crippen LogP contribution in [0.15, 0.2) is 53.0 Å². The van der Waals surface area contributed by atoms with Crippen molar-refractivity contribution in [2.75, 3.05) is 13.7 Å². The van der Waals surface area contributed by atoms with E-state index >= 15 is 0 Å². The van der Waals surface area contributed by atoms with Crippen LogP contribution < -0.4 is 14.8 Å². The molecule has 162 valence electrons. The zero-order valence-corrected chi connectivity index (χ0v) is 19.4. The van der Waals surface area contributed by atoms with E-state index in [4.69, 9.17) is 9.47 Å². The van der Waals surface area contributed by atoms with E-state index in [0.29, 0.717) is 12.3 Å². The molecule has 2 aromatic rings. The van der Waals surface area contributed by atoms with Crippen LogP contribution in [0.4, 0.5) is 0 Å². The third-order valence-corrected chi connectivity index (χ3v) is 5.38. The number of nitrogens with one attached hydrogen (secondary N) is 1. The Hall–Kier alpha value is -2.54. The Morgan fingerprint density at radius 2 is 1.63 bits per heavy atom. The number of methoxy groups -OCH3 is 1. The summed E-state index contributed by atoms with van der Waals surface area (Å²) in [4.78, 5) is 27.2.